The van der Waals surface area contributed by atoms with Crippen LogP contribution >= 0.6 is 0 Å². The van der Waals surface area contributed by atoms with Crippen LogP contribution in [0.3, 0.4) is 0 Å². The van der Waals surface area contributed by atoms with Gasteiger partial charge >= 0.3 is 8.56 Å². The molecule has 4 bridgehead atoms. The SMILES string of the molecule is CC(C)(C)O[Si](OC(C)(C)C)(C12CCC(CC1)C2)C12CCC(CC1)C2. The molecule has 3 heteroatoms. The van der Waals surface area contributed by atoms with Crippen LogP contribution in [0, 0.1) is 11.8 Å². The van der Waals surface area contributed by atoms with Gasteiger partial charge in [-0.05, 0) is 91.9 Å². The van der Waals surface area contributed by atoms with E-state index in [1.807, 2.05) is 0 Å². The minimum absolute atomic E-state index is 0.109. The summed E-state index contributed by atoms with van der Waals surface area (Å²) in [6, 6.07) is 0. The largest absolute Gasteiger partial charge is 0.389 e. The highest BCUT2D eigenvalue weighted by Gasteiger charge is 2.75. The first-order valence-corrected chi connectivity index (χ1v) is 12.7. The Morgan fingerprint density at radius 3 is 1.16 bits per heavy atom. The van der Waals surface area contributed by atoms with Crippen molar-refractivity contribution >= 4 is 8.56 Å². The monoisotopic (exact) mass is 364 g/mol. The van der Waals surface area contributed by atoms with E-state index >= 15 is 0 Å². The van der Waals surface area contributed by atoms with Gasteiger partial charge in [-0.1, -0.05) is 25.7 Å². The first-order chi connectivity index (χ1) is 11.5. The Balaban J connectivity index is 1.85. The van der Waals surface area contributed by atoms with Gasteiger partial charge in [0.05, 0.1) is 11.2 Å². The summed E-state index contributed by atoms with van der Waals surface area (Å²) in [5, 5.41) is 0.773. The van der Waals surface area contributed by atoms with Crippen molar-refractivity contribution in [3.63, 3.8) is 0 Å². The van der Waals surface area contributed by atoms with E-state index in [-0.39, 0.29) is 11.2 Å². The van der Waals surface area contributed by atoms with Gasteiger partial charge in [-0.15, -0.1) is 0 Å². The molecule has 0 heterocycles. The van der Waals surface area contributed by atoms with Gasteiger partial charge in [0.1, 0.15) is 0 Å². The molecule has 4 aliphatic rings. The summed E-state index contributed by atoms with van der Waals surface area (Å²) >= 11 is 0. The number of fused-ring (bicyclic) bond motifs is 4. The maximum absolute atomic E-state index is 7.33. The smallest absolute Gasteiger partial charge is 0.351 e. The van der Waals surface area contributed by atoms with Crippen LogP contribution in [0.5, 0.6) is 0 Å². The second kappa shape index (κ2) is 5.58. The number of hydrogen-bond acceptors (Lipinski definition) is 2. The molecule has 0 saturated heterocycles. The van der Waals surface area contributed by atoms with Gasteiger partial charge in [-0.25, -0.2) is 0 Å². The van der Waals surface area contributed by atoms with Crippen LogP contribution in [-0.2, 0) is 8.85 Å². The van der Waals surface area contributed by atoms with Crippen molar-refractivity contribution in [3.05, 3.63) is 0 Å². The van der Waals surface area contributed by atoms with Crippen LogP contribution in [0.2, 0.25) is 10.1 Å². The molecule has 4 aliphatic carbocycles. The molecule has 4 saturated carbocycles. The maximum Gasteiger partial charge on any atom is 0.351 e. The molecule has 0 radical (unpaired) electrons. The highest BCUT2D eigenvalue weighted by atomic mass is 28.4. The van der Waals surface area contributed by atoms with Gasteiger partial charge in [0.25, 0.3) is 0 Å². The normalized spacial score (nSPS) is 41.0. The first-order valence-electron chi connectivity index (χ1n) is 10.9. The zero-order valence-corrected chi connectivity index (χ0v) is 18.5. The lowest BCUT2D eigenvalue weighted by Crippen LogP contribution is -2.65. The van der Waals surface area contributed by atoms with Crippen molar-refractivity contribution in [2.24, 2.45) is 11.8 Å². The van der Waals surface area contributed by atoms with Gasteiger partial charge < -0.3 is 8.85 Å². The summed E-state index contributed by atoms with van der Waals surface area (Å²) in [6.45, 7) is 13.6. The lowest BCUT2D eigenvalue weighted by Gasteiger charge is -2.57. The van der Waals surface area contributed by atoms with E-state index in [0.717, 1.165) is 11.8 Å². The van der Waals surface area contributed by atoms with E-state index in [0.29, 0.717) is 10.1 Å². The van der Waals surface area contributed by atoms with Crippen molar-refractivity contribution in [3.8, 4) is 0 Å². The van der Waals surface area contributed by atoms with Crippen LogP contribution in [0.1, 0.15) is 106 Å². The molecule has 0 spiro atoms. The van der Waals surface area contributed by atoms with E-state index in [2.05, 4.69) is 41.5 Å². The summed E-state index contributed by atoms with van der Waals surface area (Å²) < 4.78 is 14.7. The molecule has 4 fully saturated rings. The topological polar surface area (TPSA) is 18.5 Å². The number of hydrogen-bond donors (Lipinski definition) is 0. The second-order valence-electron chi connectivity index (χ2n) is 11.9. The summed E-state index contributed by atoms with van der Waals surface area (Å²) in [5.74, 6) is 1.91. The molecule has 4 rings (SSSR count). The van der Waals surface area contributed by atoms with Gasteiger partial charge in [0.15, 0.2) is 0 Å². The molecule has 0 amide bonds. The predicted octanol–water partition coefficient (Wildman–Crippen LogP) is 6.73. The standard InChI is InChI=1S/C22H40O2Si/c1-19(2,3)23-25(24-20(4,5)6,21-11-7-17(15-21)8-12-21)22-13-9-18(16-22)10-14-22/h17-18H,7-16H2,1-6H3. The fraction of sp³-hybridized carbons (Fsp3) is 1.00. The molecule has 25 heavy (non-hydrogen) atoms. The fourth-order valence-corrected chi connectivity index (χ4v) is 14.0. The third-order valence-corrected chi connectivity index (χ3v) is 13.8. The summed E-state index contributed by atoms with van der Waals surface area (Å²) in [5.41, 5.74) is -0.218. The molecule has 144 valence electrons. The van der Waals surface area contributed by atoms with E-state index in [9.17, 15) is 0 Å². The predicted molar refractivity (Wildman–Crippen MR) is 106 cm³/mol. The van der Waals surface area contributed by atoms with Gasteiger partial charge in [-0.3, -0.25) is 0 Å². The van der Waals surface area contributed by atoms with E-state index in [1.165, 1.54) is 64.2 Å². The quantitative estimate of drug-likeness (QED) is 0.515. The van der Waals surface area contributed by atoms with E-state index in [1.54, 1.807) is 0 Å². The minimum Gasteiger partial charge on any atom is -0.389 e. The average Bonchev–Trinajstić information content (AvgIpc) is 3.24. The Morgan fingerprint density at radius 1 is 0.640 bits per heavy atom. The Bertz CT molecular complexity index is 463. The molecular formula is C22H40O2Si. The third kappa shape index (κ3) is 2.88. The Kier molecular flexibility index (Phi) is 4.13. The van der Waals surface area contributed by atoms with Gasteiger partial charge in [0.2, 0.25) is 0 Å². The van der Waals surface area contributed by atoms with Crippen molar-refractivity contribution in [1.82, 2.24) is 0 Å². The molecule has 0 unspecified atom stereocenters. The fourth-order valence-electron chi connectivity index (χ4n) is 7.19. The van der Waals surface area contributed by atoms with Crippen molar-refractivity contribution in [2.75, 3.05) is 0 Å². The summed E-state index contributed by atoms with van der Waals surface area (Å²) in [7, 11) is -2.42. The van der Waals surface area contributed by atoms with E-state index in [4.69, 9.17) is 8.85 Å². The lowest BCUT2D eigenvalue weighted by atomic mass is 9.99. The van der Waals surface area contributed by atoms with Crippen LogP contribution in [0.25, 0.3) is 0 Å². The van der Waals surface area contributed by atoms with Crippen molar-refractivity contribution in [2.45, 2.75) is 127 Å². The Hall–Kier alpha value is 0.137. The highest BCUT2D eigenvalue weighted by molar-refractivity contribution is 6.74. The lowest BCUT2D eigenvalue weighted by molar-refractivity contribution is -0.0172. The first kappa shape index (κ1) is 18.5. The average molecular weight is 365 g/mol. The van der Waals surface area contributed by atoms with Crippen LogP contribution < -0.4 is 0 Å². The van der Waals surface area contributed by atoms with E-state index < -0.39 is 8.56 Å². The summed E-state index contributed by atoms with van der Waals surface area (Å²) in [4.78, 5) is 0. The Morgan fingerprint density at radius 2 is 0.960 bits per heavy atom. The zero-order chi connectivity index (χ0) is 18.1. The minimum atomic E-state index is -2.42. The van der Waals surface area contributed by atoms with Crippen LogP contribution in [0.4, 0.5) is 0 Å². The van der Waals surface area contributed by atoms with Crippen LogP contribution in [-0.4, -0.2) is 19.8 Å². The second-order valence-corrected chi connectivity index (χ2v) is 15.7. The molecule has 0 aromatic rings. The summed E-state index contributed by atoms with van der Waals surface area (Å²) in [6.07, 6.45) is 14.0. The van der Waals surface area contributed by atoms with Crippen molar-refractivity contribution < 1.29 is 8.85 Å². The highest BCUT2D eigenvalue weighted by Crippen LogP contribution is 2.76. The molecule has 0 atom stereocenters. The van der Waals surface area contributed by atoms with Crippen LogP contribution in [0.15, 0.2) is 0 Å². The molecule has 2 nitrogen and oxygen atoms in total. The van der Waals surface area contributed by atoms with Gasteiger partial charge in [0, 0.05) is 10.1 Å². The van der Waals surface area contributed by atoms with Crippen molar-refractivity contribution in [1.29, 1.82) is 0 Å². The molecule has 0 aromatic heterocycles. The molecule has 0 aliphatic heterocycles. The molecule has 0 N–H and O–H groups in total. The molecular weight excluding hydrogens is 324 g/mol. The Labute approximate surface area is 156 Å². The number of rotatable bonds is 4. The zero-order valence-electron chi connectivity index (χ0n) is 17.5. The third-order valence-electron chi connectivity index (χ3n) is 7.78. The maximum atomic E-state index is 7.33. The van der Waals surface area contributed by atoms with Gasteiger partial charge in [-0.2, -0.15) is 0 Å². The molecule has 0 aromatic carbocycles.